The molecule has 1 aromatic carbocycles. The molecule has 4 rings (SSSR count). The Kier molecular flexibility index (Phi) is 6.30. The number of hydrogen-bond donors (Lipinski definition) is 4. The van der Waals surface area contributed by atoms with Crippen molar-refractivity contribution in [3.63, 3.8) is 0 Å². The van der Waals surface area contributed by atoms with Crippen molar-refractivity contribution in [1.29, 1.82) is 0 Å². The average Bonchev–Trinajstić information content (AvgIpc) is 3.41. The van der Waals surface area contributed by atoms with Crippen LogP contribution in [0.2, 0.25) is 0 Å². The number of imidazole rings is 1. The number of thiazole rings is 1. The zero-order chi connectivity index (χ0) is 23.6. The Balaban J connectivity index is 1.68. The Bertz CT molecular complexity index is 1280. The number of pyridine rings is 1. The first kappa shape index (κ1) is 22.7. The minimum absolute atomic E-state index is 0.319. The molecule has 1 amide bonds. The number of benzene rings is 1. The first-order valence-corrected chi connectivity index (χ1v) is 11.5. The van der Waals surface area contributed by atoms with Gasteiger partial charge < -0.3 is 20.3 Å². The second-order valence-electron chi connectivity index (χ2n) is 8.26. The van der Waals surface area contributed by atoms with E-state index in [0.29, 0.717) is 24.6 Å². The van der Waals surface area contributed by atoms with Gasteiger partial charge in [0, 0.05) is 44.0 Å². The molecule has 172 valence electrons. The zero-order valence-corrected chi connectivity index (χ0v) is 19.8. The highest BCUT2D eigenvalue weighted by Crippen LogP contribution is 2.31. The summed E-state index contributed by atoms with van der Waals surface area (Å²) in [5.41, 5.74) is 3.77. The van der Waals surface area contributed by atoms with E-state index < -0.39 is 5.60 Å². The highest BCUT2D eigenvalue weighted by molar-refractivity contribution is 7.13. The highest BCUT2D eigenvalue weighted by atomic mass is 32.1. The zero-order valence-electron chi connectivity index (χ0n) is 19.0. The maximum atomic E-state index is 13.0. The number of carbonyl (C=O) groups is 1. The number of amides is 1. The number of aromatic nitrogens is 4. The molecule has 0 fully saturated rings. The van der Waals surface area contributed by atoms with E-state index >= 15 is 0 Å². The van der Waals surface area contributed by atoms with Crippen molar-refractivity contribution in [2.24, 2.45) is 0 Å². The number of rotatable bonds is 8. The summed E-state index contributed by atoms with van der Waals surface area (Å²) >= 11 is 1.40. The summed E-state index contributed by atoms with van der Waals surface area (Å²) in [7, 11) is 3.70. The number of carbonyl (C=O) groups excluding carboxylic acids is 1. The van der Waals surface area contributed by atoms with Gasteiger partial charge in [-0.3, -0.25) is 15.1 Å². The molecular weight excluding hydrogens is 438 g/mol. The van der Waals surface area contributed by atoms with Crippen molar-refractivity contribution in [3.8, 4) is 10.6 Å². The molecule has 3 aromatic heterocycles. The maximum Gasteiger partial charge on any atom is 0.277 e. The second-order valence-corrected chi connectivity index (χ2v) is 9.12. The van der Waals surface area contributed by atoms with Gasteiger partial charge in [0.2, 0.25) is 5.95 Å². The molecule has 0 aliphatic heterocycles. The maximum absolute atomic E-state index is 13.0. The van der Waals surface area contributed by atoms with E-state index in [2.05, 4.69) is 30.9 Å². The van der Waals surface area contributed by atoms with Gasteiger partial charge in [-0.15, -0.1) is 11.3 Å². The van der Waals surface area contributed by atoms with Crippen LogP contribution >= 0.6 is 11.3 Å². The van der Waals surface area contributed by atoms with Crippen molar-refractivity contribution < 1.29 is 9.90 Å². The number of fused-ring (bicyclic) bond motifs is 1. The van der Waals surface area contributed by atoms with Crippen LogP contribution in [0.5, 0.6) is 0 Å². The fourth-order valence-corrected chi connectivity index (χ4v) is 4.27. The Morgan fingerprint density at radius 3 is 2.48 bits per heavy atom. The third-order valence-corrected chi connectivity index (χ3v) is 6.15. The third-order valence-electron chi connectivity index (χ3n) is 5.26. The number of aliphatic hydroxyl groups is 1. The van der Waals surface area contributed by atoms with Gasteiger partial charge >= 0.3 is 0 Å². The molecule has 0 spiro atoms. The highest BCUT2D eigenvalue weighted by Gasteiger charge is 2.20. The van der Waals surface area contributed by atoms with Gasteiger partial charge in [0.25, 0.3) is 5.91 Å². The number of aryl methyl sites for hydroxylation is 1. The number of hydrogen-bond acceptors (Lipinski definition) is 8. The lowest BCUT2D eigenvalue weighted by Crippen LogP contribution is -2.22. The Labute approximate surface area is 195 Å². The van der Waals surface area contributed by atoms with E-state index in [0.717, 1.165) is 33.0 Å². The molecule has 10 heteroatoms. The summed E-state index contributed by atoms with van der Waals surface area (Å²) in [4.78, 5) is 26.2. The Hall–Kier alpha value is -3.50. The Morgan fingerprint density at radius 2 is 1.82 bits per heavy atom. The normalized spacial score (nSPS) is 11.5. The molecule has 0 bridgehead atoms. The van der Waals surface area contributed by atoms with E-state index in [4.69, 9.17) is 0 Å². The predicted octanol–water partition coefficient (Wildman–Crippen LogP) is 4.05. The quantitative estimate of drug-likeness (QED) is 0.310. The van der Waals surface area contributed by atoms with Gasteiger partial charge in [-0.2, -0.15) is 0 Å². The van der Waals surface area contributed by atoms with Gasteiger partial charge in [-0.25, -0.2) is 9.97 Å². The van der Waals surface area contributed by atoms with E-state index in [1.54, 1.807) is 31.6 Å². The molecule has 4 aromatic rings. The van der Waals surface area contributed by atoms with Crippen LogP contribution in [0.15, 0.2) is 42.0 Å². The summed E-state index contributed by atoms with van der Waals surface area (Å²) in [5, 5.41) is 22.0. The molecule has 0 atom stereocenters. The van der Waals surface area contributed by atoms with E-state index in [9.17, 15) is 9.90 Å². The fraction of sp³-hybridized carbons (Fsp3) is 0.304. The van der Waals surface area contributed by atoms with Crippen molar-refractivity contribution in [1.82, 2.24) is 19.5 Å². The van der Waals surface area contributed by atoms with Crippen LogP contribution in [-0.4, -0.2) is 50.2 Å². The minimum Gasteiger partial charge on any atom is -0.390 e. The number of anilines is 3. The van der Waals surface area contributed by atoms with Gasteiger partial charge in [0.1, 0.15) is 10.7 Å². The largest absolute Gasteiger partial charge is 0.390 e. The molecule has 0 radical (unpaired) electrons. The molecule has 4 N–H and O–H groups in total. The van der Waals surface area contributed by atoms with Gasteiger partial charge in [-0.05, 0) is 44.5 Å². The standard InChI is InChI=1S/C23H27N7O2S/c1-23(2,32)7-10-30-19-12-16(25-4)15(24-3)11-17(19)28-22(30)29-20(31)18-13-33-21(27-18)14-5-8-26-9-6-14/h5-6,8-9,11-13,24-25,32H,7,10H2,1-4H3,(H,28,29,31). The topological polar surface area (TPSA) is 117 Å². The third kappa shape index (κ3) is 4.96. The van der Waals surface area contributed by atoms with Crippen LogP contribution in [-0.2, 0) is 6.54 Å². The SMILES string of the molecule is CNc1cc2nc(NC(=O)c3csc(-c4ccncc4)n3)n(CCC(C)(C)O)c2cc1NC. The molecule has 3 heterocycles. The number of nitrogens with one attached hydrogen (secondary N) is 3. The molecule has 9 nitrogen and oxygen atoms in total. The van der Waals surface area contributed by atoms with Crippen molar-refractivity contribution in [2.75, 3.05) is 30.0 Å². The molecule has 0 aliphatic rings. The van der Waals surface area contributed by atoms with Crippen LogP contribution in [0.1, 0.15) is 30.8 Å². The Morgan fingerprint density at radius 1 is 1.12 bits per heavy atom. The van der Waals surface area contributed by atoms with Gasteiger partial charge in [-0.1, -0.05) is 0 Å². The lowest BCUT2D eigenvalue weighted by Gasteiger charge is -2.19. The van der Waals surface area contributed by atoms with Crippen LogP contribution in [0, 0.1) is 0 Å². The van der Waals surface area contributed by atoms with Crippen LogP contribution in [0.25, 0.3) is 21.6 Å². The lowest BCUT2D eigenvalue weighted by molar-refractivity contribution is 0.0667. The van der Waals surface area contributed by atoms with Crippen LogP contribution in [0.4, 0.5) is 17.3 Å². The first-order valence-electron chi connectivity index (χ1n) is 10.6. The van der Waals surface area contributed by atoms with Crippen molar-refractivity contribution >= 4 is 45.6 Å². The lowest BCUT2D eigenvalue weighted by atomic mass is 10.1. The van der Waals surface area contributed by atoms with Gasteiger partial charge in [0.05, 0.1) is 28.0 Å². The number of nitrogens with zero attached hydrogens (tertiary/aromatic N) is 4. The summed E-state index contributed by atoms with van der Waals surface area (Å²) in [6, 6.07) is 7.63. The second kappa shape index (κ2) is 9.16. The smallest absolute Gasteiger partial charge is 0.277 e. The summed E-state index contributed by atoms with van der Waals surface area (Å²) < 4.78 is 1.92. The molecule has 0 saturated carbocycles. The molecule has 0 saturated heterocycles. The first-order chi connectivity index (χ1) is 15.8. The fourth-order valence-electron chi connectivity index (χ4n) is 3.46. The van der Waals surface area contributed by atoms with Crippen LogP contribution < -0.4 is 16.0 Å². The molecule has 0 aliphatic carbocycles. The minimum atomic E-state index is -0.858. The molecule has 33 heavy (non-hydrogen) atoms. The van der Waals surface area contributed by atoms with Crippen molar-refractivity contribution in [3.05, 3.63) is 47.7 Å². The molecular formula is C23H27N7O2S. The van der Waals surface area contributed by atoms with Crippen molar-refractivity contribution in [2.45, 2.75) is 32.4 Å². The van der Waals surface area contributed by atoms with Crippen LogP contribution in [0.3, 0.4) is 0 Å². The van der Waals surface area contributed by atoms with E-state index in [1.807, 2.05) is 42.9 Å². The average molecular weight is 466 g/mol. The molecule has 0 unspecified atom stereocenters. The predicted molar refractivity (Wildman–Crippen MR) is 133 cm³/mol. The monoisotopic (exact) mass is 465 g/mol. The van der Waals surface area contributed by atoms with Gasteiger partial charge in [0.15, 0.2) is 0 Å². The van der Waals surface area contributed by atoms with E-state index in [1.165, 1.54) is 11.3 Å². The summed E-state index contributed by atoms with van der Waals surface area (Å²) in [5.74, 6) is 0.0714. The summed E-state index contributed by atoms with van der Waals surface area (Å²) in [6.07, 6.45) is 3.88. The summed E-state index contributed by atoms with van der Waals surface area (Å²) in [6.45, 7) is 4.01. The van der Waals surface area contributed by atoms with E-state index in [-0.39, 0.29) is 5.91 Å².